The molecule has 0 atom stereocenters. The molecule has 14 heavy (non-hydrogen) atoms. The standard InChI is InChI=1S/C11H22N2O/c12-11(4-2-1-3-5-11)10-13-6-8-14-9-7-13/h1-10,12H2. The molecule has 0 aromatic carbocycles. The van der Waals surface area contributed by atoms with Gasteiger partial charge in [0.1, 0.15) is 0 Å². The highest BCUT2D eigenvalue weighted by Gasteiger charge is 2.29. The summed E-state index contributed by atoms with van der Waals surface area (Å²) in [5, 5.41) is 0. The molecule has 2 fully saturated rings. The second-order valence-electron chi connectivity index (χ2n) is 4.81. The van der Waals surface area contributed by atoms with Crippen LogP contribution < -0.4 is 5.73 Å². The Bertz CT molecular complexity index is 172. The van der Waals surface area contributed by atoms with Crippen LogP contribution in [0.2, 0.25) is 0 Å². The summed E-state index contributed by atoms with van der Waals surface area (Å²) in [6, 6.07) is 0. The third-order valence-electron chi connectivity index (χ3n) is 3.49. The lowest BCUT2D eigenvalue weighted by Gasteiger charge is -2.39. The molecule has 3 heteroatoms. The maximum Gasteiger partial charge on any atom is 0.0594 e. The highest BCUT2D eigenvalue weighted by Crippen LogP contribution is 2.26. The monoisotopic (exact) mass is 198 g/mol. The fourth-order valence-corrected chi connectivity index (χ4v) is 2.62. The third-order valence-corrected chi connectivity index (χ3v) is 3.49. The highest BCUT2D eigenvalue weighted by atomic mass is 16.5. The van der Waals surface area contributed by atoms with Gasteiger partial charge < -0.3 is 10.5 Å². The maximum absolute atomic E-state index is 6.41. The molecular formula is C11H22N2O. The van der Waals surface area contributed by atoms with Crippen LogP contribution in [0.3, 0.4) is 0 Å². The minimum absolute atomic E-state index is 0.107. The highest BCUT2D eigenvalue weighted by molar-refractivity contribution is 4.90. The smallest absolute Gasteiger partial charge is 0.0594 e. The molecule has 1 aliphatic heterocycles. The van der Waals surface area contributed by atoms with Crippen LogP contribution in [-0.4, -0.2) is 43.3 Å². The lowest BCUT2D eigenvalue weighted by molar-refractivity contribution is 0.0236. The van der Waals surface area contributed by atoms with Crippen LogP contribution in [0, 0.1) is 0 Å². The van der Waals surface area contributed by atoms with Crippen molar-refractivity contribution in [2.75, 3.05) is 32.8 Å². The van der Waals surface area contributed by atoms with E-state index < -0.39 is 0 Å². The van der Waals surface area contributed by atoms with Gasteiger partial charge in [-0.2, -0.15) is 0 Å². The van der Waals surface area contributed by atoms with E-state index in [1.165, 1.54) is 32.1 Å². The van der Waals surface area contributed by atoms with Crippen molar-refractivity contribution in [2.45, 2.75) is 37.6 Å². The van der Waals surface area contributed by atoms with Gasteiger partial charge in [0.2, 0.25) is 0 Å². The lowest BCUT2D eigenvalue weighted by atomic mass is 9.82. The summed E-state index contributed by atoms with van der Waals surface area (Å²) in [4.78, 5) is 2.47. The van der Waals surface area contributed by atoms with E-state index in [1.807, 2.05) is 0 Å². The molecule has 2 rings (SSSR count). The van der Waals surface area contributed by atoms with Crippen LogP contribution in [0.1, 0.15) is 32.1 Å². The van der Waals surface area contributed by atoms with Gasteiger partial charge >= 0.3 is 0 Å². The molecule has 82 valence electrons. The Morgan fingerprint density at radius 1 is 1.07 bits per heavy atom. The van der Waals surface area contributed by atoms with Gasteiger partial charge in [0, 0.05) is 25.2 Å². The van der Waals surface area contributed by atoms with E-state index in [9.17, 15) is 0 Å². The number of ether oxygens (including phenoxy) is 1. The zero-order valence-electron chi connectivity index (χ0n) is 9.00. The van der Waals surface area contributed by atoms with E-state index in [1.54, 1.807) is 0 Å². The summed E-state index contributed by atoms with van der Waals surface area (Å²) >= 11 is 0. The quantitative estimate of drug-likeness (QED) is 0.719. The van der Waals surface area contributed by atoms with Gasteiger partial charge in [0.25, 0.3) is 0 Å². The average molecular weight is 198 g/mol. The molecule has 2 aliphatic rings. The van der Waals surface area contributed by atoms with Crippen molar-refractivity contribution in [1.82, 2.24) is 4.90 Å². The van der Waals surface area contributed by atoms with Crippen LogP contribution in [0.4, 0.5) is 0 Å². The van der Waals surface area contributed by atoms with E-state index in [0.717, 1.165) is 32.8 Å². The molecule has 0 amide bonds. The first kappa shape index (κ1) is 10.4. The minimum Gasteiger partial charge on any atom is -0.379 e. The molecule has 0 aromatic heterocycles. The topological polar surface area (TPSA) is 38.5 Å². The molecule has 3 nitrogen and oxygen atoms in total. The maximum atomic E-state index is 6.41. The van der Waals surface area contributed by atoms with Crippen LogP contribution >= 0.6 is 0 Å². The molecular weight excluding hydrogens is 176 g/mol. The average Bonchev–Trinajstić information content (AvgIpc) is 2.19. The first-order valence-corrected chi connectivity index (χ1v) is 5.88. The molecule has 1 aliphatic carbocycles. The van der Waals surface area contributed by atoms with E-state index in [0.29, 0.717) is 0 Å². The van der Waals surface area contributed by atoms with Crippen molar-refractivity contribution in [1.29, 1.82) is 0 Å². The Kier molecular flexibility index (Phi) is 3.42. The molecule has 0 bridgehead atoms. The van der Waals surface area contributed by atoms with Gasteiger partial charge in [-0.3, -0.25) is 4.90 Å². The number of morpholine rings is 1. The lowest BCUT2D eigenvalue weighted by Crippen LogP contribution is -2.53. The van der Waals surface area contributed by atoms with E-state index >= 15 is 0 Å². The molecule has 0 radical (unpaired) electrons. The summed E-state index contributed by atoms with van der Waals surface area (Å²) in [5.74, 6) is 0. The van der Waals surface area contributed by atoms with Crippen LogP contribution in [-0.2, 0) is 4.74 Å². The van der Waals surface area contributed by atoms with Crippen molar-refractivity contribution in [3.05, 3.63) is 0 Å². The van der Waals surface area contributed by atoms with Gasteiger partial charge in [0.05, 0.1) is 13.2 Å². The summed E-state index contributed by atoms with van der Waals surface area (Å²) in [5.41, 5.74) is 6.51. The van der Waals surface area contributed by atoms with Gasteiger partial charge in [0.15, 0.2) is 0 Å². The van der Waals surface area contributed by atoms with E-state index in [-0.39, 0.29) is 5.54 Å². The van der Waals surface area contributed by atoms with Crippen LogP contribution in [0.5, 0.6) is 0 Å². The molecule has 2 N–H and O–H groups in total. The van der Waals surface area contributed by atoms with Gasteiger partial charge in [-0.25, -0.2) is 0 Å². The van der Waals surface area contributed by atoms with Crippen molar-refractivity contribution in [3.8, 4) is 0 Å². The first-order valence-electron chi connectivity index (χ1n) is 5.88. The normalized spacial score (nSPS) is 28.9. The predicted octanol–water partition coefficient (Wildman–Crippen LogP) is 0.980. The summed E-state index contributed by atoms with van der Waals surface area (Å²) in [6.07, 6.45) is 6.44. The van der Waals surface area contributed by atoms with E-state index in [2.05, 4.69) is 4.90 Å². The van der Waals surface area contributed by atoms with Crippen LogP contribution in [0.15, 0.2) is 0 Å². The van der Waals surface area contributed by atoms with Gasteiger partial charge in [-0.1, -0.05) is 19.3 Å². The van der Waals surface area contributed by atoms with Crippen LogP contribution in [0.25, 0.3) is 0 Å². The molecule has 1 heterocycles. The summed E-state index contributed by atoms with van der Waals surface area (Å²) in [6.45, 7) is 4.99. The van der Waals surface area contributed by atoms with Crippen molar-refractivity contribution < 1.29 is 4.74 Å². The number of rotatable bonds is 2. The third kappa shape index (κ3) is 2.69. The Balaban J connectivity index is 1.81. The number of hydrogen-bond acceptors (Lipinski definition) is 3. The zero-order valence-corrected chi connectivity index (χ0v) is 9.00. The fourth-order valence-electron chi connectivity index (χ4n) is 2.62. The second-order valence-corrected chi connectivity index (χ2v) is 4.81. The molecule has 0 spiro atoms. The van der Waals surface area contributed by atoms with Crippen molar-refractivity contribution in [3.63, 3.8) is 0 Å². The van der Waals surface area contributed by atoms with Crippen molar-refractivity contribution >= 4 is 0 Å². The SMILES string of the molecule is NC1(CN2CCOCC2)CCCCC1. The fraction of sp³-hybridized carbons (Fsp3) is 1.00. The number of nitrogens with zero attached hydrogens (tertiary/aromatic N) is 1. The Morgan fingerprint density at radius 2 is 1.71 bits per heavy atom. The number of nitrogens with two attached hydrogens (primary N) is 1. The molecule has 0 aromatic rings. The summed E-state index contributed by atoms with van der Waals surface area (Å²) < 4.78 is 5.34. The second kappa shape index (κ2) is 4.60. The van der Waals surface area contributed by atoms with E-state index in [4.69, 9.17) is 10.5 Å². The first-order chi connectivity index (χ1) is 6.79. The Labute approximate surface area is 86.6 Å². The largest absolute Gasteiger partial charge is 0.379 e. The molecule has 0 unspecified atom stereocenters. The molecule has 1 saturated heterocycles. The Morgan fingerprint density at radius 3 is 2.36 bits per heavy atom. The zero-order chi connectivity index (χ0) is 9.86. The number of hydrogen-bond donors (Lipinski definition) is 1. The van der Waals surface area contributed by atoms with Gasteiger partial charge in [-0.05, 0) is 12.8 Å². The predicted molar refractivity (Wildman–Crippen MR) is 57.3 cm³/mol. The van der Waals surface area contributed by atoms with Crippen molar-refractivity contribution in [2.24, 2.45) is 5.73 Å². The minimum atomic E-state index is 0.107. The van der Waals surface area contributed by atoms with Gasteiger partial charge in [-0.15, -0.1) is 0 Å². The summed E-state index contributed by atoms with van der Waals surface area (Å²) in [7, 11) is 0. The Hall–Kier alpha value is -0.120. The molecule has 1 saturated carbocycles.